The molecule has 3 heterocycles. The molecule has 3 aromatic carbocycles. The fraction of sp³-hybridized carbons (Fsp3) is 0.273. The van der Waals surface area contributed by atoms with E-state index in [1.54, 1.807) is 13.2 Å². The molecule has 43 heavy (non-hydrogen) atoms. The molecule has 0 bridgehead atoms. The van der Waals surface area contributed by atoms with Crippen LogP contribution in [0.25, 0.3) is 22.3 Å². The summed E-state index contributed by atoms with van der Waals surface area (Å²) in [7, 11) is 1.69. The van der Waals surface area contributed by atoms with Crippen molar-refractivity contribution in [3.05, 3.63) is 106 Å². The Bertz CT molecular complexity index is 1770. The summed E-state index contributed by atoms with van der Waals surface area (Å²) in [5.74, 6) is 2.39. The van der Waals surface area contributed by atoms with Crippen molar-refractivity contribution in [3.63, 3.8) is 0 Å². The highest BCUT2D eigenvalue weighted by Gasteiger charge is 2.20. The van der Waals surface area contributed by atoms with Gasteiger partial charge >= 0.3 is 5.69 Å². The number of nitrogens with zero attached hydrogens (tertiary/aromatic N) is 3. The number of hydrogen-bond acceptors (Lipinski definition) is 7. The van der Waals surface area contributed by atoms with Gasteiger partial charge in [-0.25, -0.2) is 4.79 Å². The summed E-state index contributed by atoms with van der Waals surface area (Å²) in [6.45, 7) is 5.14. The van der Waals surface area contributed by atoms with Gasteiger partial charge in [0.05, 0.1) is 18.2 Å². The van der Waals surface area contributed by atoms with E-state index in [-0.39, 0.29) is 5.56 Å². The van der Waals surface area contributed by atoms with E-state index in [1.807, 2.05) is 72.8 Å². The highest BCUT2D eigenvalue weighted by atomic mass is 16.5. The third kappa shape index (κ3) is 6.44. The lowest BCUT2D eigenvalue weighted by Crippen LogP contribution is -2.48. The standard InChI is InChI=1S/C33H35N5O5/c1-41-30-10-6-5-9-29(30)37-18-15-36(16-19-37)17-20-38-32(39)27-23-28(34-31(27)35-33(38)40)24-11-13-26(14-12-24)43-22-21-42-25-7-3-2-4-8-25/h2-14,23,34H,15-22H2,1H3,(H,35,40). The van der Waals surface area contributed by atoms with E-state index in [0.717, 1.165) is 60.4 Å². The van der Waals surface area contributed by atoms with Gasteiger partial charge in [-0.05, 0) is 60.2 Å². The molecule has 1 aliphatic rings. The molecule has 10 heteroatoms. The van der Waals surface area contributed by atoms with Crippen LogP contribution in [0.3, 0.4) is 0 Å². The number of H-pyrrole nitrogens is 2. The zero-order valence-corrected chi connectivity index (χ0v) is 24.1. The lowest BCUT2D eigenvalue weighted by Gasteiger charge is -2.36. The van der Waals surface area contributed by atoms with Gasteiger partial charge < -0.3 is 24.1 Å². The van der Waals surface area contributed by atoms with Crippen LogP contribution in [0.15, 0.2) is 94.5 Å². The lowest BCUT2D eigenvalue weighted by atomic mass is 10.1. The van der Waals surface area contributed by atoms with Crippen molar-refractivity contribution in [1.29, 1.82) is 0 Å². The van der Waals surface area contributed by atoms with Gasteiger partial charge in [-0.2, -0.15) is 0 Å². The Labute approximate surface area is 249 Å². The minimum atomic E-state index is -0.417. The van der Waals surface area contributed by atoms with Crippen molar-refractivity contribution in [2.45, 2.75) is 6.54 Å². The molecule has 0 atom stereocenters. The maximum atomic E-state index is 13.3. The molecule has 5 aromatic rings. The van der Waals surface area contributed by atoms with E-state index in [2.05, 4.69) is 25.8 Å². The average Bonchev–Trinajstić information content (AvgIpc) is 3.48. The topological polar surface area (TPSA) is 105 Å². The van der Waals surface area contributed by atoms with Crippen LogP contribution in [0.4, 0.5) is 5.69 Å². The number of piperazine rings is 1. The number of methoxy groups -OCH3 is 1. The minimum absolute atomic E-state index is 0.299. The molecular formula is C33H35N5O5. The first-order valence-corrected chi connectivity index (χ1v) is 14.5. The number of aromatic nitrogens is 3. The summed E-state index contributed by atoms with van der Waals surface area (Å²) in [5.41, 5.74) is 2.41. The molecule has 0 aliphatic carbocycles. The van der Waals surface area contributed by atoms with E-state index in [9.17, 15) is 9.59 Å². The Kier molecular flexibility index (Phi) is 8.46. The van der Waals surface area contributed by atoms with E-state index < -0.39 is 5.69 Å². The van der Waals surface area contributed by atoms with Crippen LogP contribution in [-0.4, -0.2) is 72.5 Å². The number of benzene rings is 3. The Morgan fingerprint density at radius 2 is 1.42 bits per heavy atom. The summed E-state index contributed by atoms with van der Waals surface area (Å²) >= 11 is 0. The van der Waals surface area contributed by atoms with Gasteiger partial charge in [0.1, 0.15) is 36.1 Å². The van der Waals surface area contributed by atoms with Crippen molar-refractivity contribution in [2.24, 2.45) is 0 Å². The number of aromatic amines is 2. The summed E-state index contributed by atoms with van der Waals surface area (Å²) < 4.78 is 18.3. The maximum Gasteiger partial charge on any atom is 0.329 e. The third-order valence-electron chi connectivity index (χ3n) is 7.74. The molecule has 0 unspecified atom stereocenters. The quantitative estimate of drug-likeness (QED) is 0.228. The molecule has 222 valence electrons. The molecule has 0 spiro atoms. The first-order valence-electron chi connectivity index (χ1n) is 14.5. The summed E-state index contributed by atoms with van der Waals surface area (Å²) in [4.78, 5) is 36.8. The predicted molar refractivity (Wildman–Crippen MR) is 168 cm³/mol. The third-order valence-corrected chi connectivity index (χ3v) is 7.74. The van der Waals surface area contributed by atoms with Crippen LogP contribution >= 0.6 is 0 Å². The molecule has 10 nitrogen and oxygen atoms in total. The van der Waals surface area contributed by atoms with Gasteiger partial charge in [-0.15, -0.1) is 0 Å². The van der Waals surface area contributed by atoms with Gasteiger partial charge in [0.25, 0.3) is 5.56 Å². The molecule has 2 N–H and O–H groups in total. The van der Waals surface area contributed by atoms with Crippen molar-refractivity contribution in [3.8, 4) is 28.5 Å². The Hall–Kier alpha value is -4.96. The number of hydrogen-bond donors (Lipinski definition) is 2. The van der Waals surface area contributed by atoms with Crippen LogP contribution in [0, 0.1) is 0 Å². The van der Waals surface area contributed by atoms with Gasteiger partial charge in [0.2, 0.25) is 0 Å². The number of fused-ring (bicyclic) bond motifs is 1. The fourth-order valence-electron chi connectivity index (χ4n) is 5.40. The van der Waals surface area contributed by atoms with Gasteiger partial charge in [0.15, 0.2) is 0 Å². The average molecular weight is 582 g/mol. The monoisotopic (exact) mass is 581 g/mol. The first-order chi connectivity index (χ1) is 21.1. The predicted octanol–water partition coefficient (Wildman–Crippen LogP) is 3.97. The second kappa shape index (κ2) is 12.9. The molecule has 1 fully saturated rings. The molecule has 0 saturated carbocycles. The first kappa shape index (κ1) is 28.2. The normalized spacial score (nSPS) is 13.7. The molecule has 6 rings (SSSR count). The SMILES string of the molecule is COc1ccccc1N1CCN(CCn2c(=O)[nH]c3[nH]c(-c4ccc(OCCOc5ccccc5)cc4)cc3c2=O)CC1. The van der Waals surface area contributed by atoms with Crippen molar-refractivity contribution in [1.82, 2.24) is 19.4 Å². The zero-order valence-electron chi connectivity index (χ0n) is 24.1. The number of para-hydroxylation sites is 3. The van der Waals surface area contributed by atoms with E-state index in [0.29, 0.717) is 37.3 Å². The number of rotatable bonds is 11. The highest BCUT2D eigenvalue weighted by molar-refractivity contribution is 5.82. The van der Waals surface area contributed by atoms with E-state index in [4.69, 9.17) is 14.2 Å². The van der Waals surface area contributed by atoms with E-state index >= 15 is 0 Å². The lowest BCUT2D eigenvalue weighted by molar-refractivity contribution is 0.217. The number of nitrogens with one attached hydrogen (secondary N) is 2. The Morgan fingerprint density at radius 1 is 0.744 bits per heavy atom. The Balaban J connectivity index is 1.06. The van der Waals surface area contributed by atoms with Crippen LogP contribution < -0.4 is 30.4 Å². The molecule has 1 saturated heterocycles. The molecule has 2 aromatic heterocycles. The van der Waals surface area contributed by atoms with Crippen LogP contribution in [0.2, 0.25) is 0 Å². The smallest absolute Gasteiger partial charge is 0.329 e. The molecule has 0 amide bonds. The van der Waals surface area contributed by atoms with Crippen molar-refractivity contribution >= 4 is 16.7 Å². The highest BCUT2D eigenvalue weighted by Crippen LogP contribution is 2.28. The molecule has 0 radical (unpaired) electrons. The Morgan fingerprint density at radius 3 is 2.14 bits per heavy atom. The largest absolute Gasteiger partial charge is 0.495 e. The van der Waals surface area contributed by atoms with Crippen LogP contribution in [-0.2, 0) is 6.54 Å². The zero-order chi connectivity index (χ0) is 29.6. The molecular weight excluding hydrogens is 546 g/mol. The summed E-state index contributed by atoms with van der Waals surface area (Å²) in [6, 6.07) is 27.0. The van der Waals surface area contributed by atoms with Gasteiger partial charge in [0, 0.05) is 45.0 Å². The fourth-order valence-corrected chi connectivity index (χ4v) is 5.40. The summed E-state index contributed by atoms with van der Waals surface area (Å²) in [5, 5.41) is 0.453. The van der Waals surface area contributed by atoms with Gasteiger partial charge in [-0.1, -0.05) is 30.3 Å². The molecule has 1 aliphatic heterocycles. The number of anilines is 1. The summed E-state index contributed by atoms with van der Waals surface area (Å²) in [6.07, 6.45) is 0. The number of ether oxygens (including phenoxy) is 3. The second-order valence-electron chi connectivity index (χ2n) is 10.4. The van der Waals surface area contributed by atoms with Crippen molar-refractivity contribution < 1.29 is 14.2 Å². The second-order valence-corrected chi connectivity index (χ2v) is 10.4. The minimum Gasteiger partial charge on any atom is -0.495 e. The van der Waals surface area contributed by atoms with Crippen molar-refractivity contribution in [2.75, 3.05) is 57.9 Å². The maximum absolute atomic E-state index is 13.3. The van der Waals surface area contributed by atoms with Crippen LogP contribution in [0.5, 0.6) is 17.2 Å². The van der Waals surface area contributed by atoms with E-state index in [1.165, 1.54) is 4.57 Å². The van der Waals surface area contributed by atoms with Crippen LogP contribution in [0.1, 0.15) is 0 Å². The van der Waals surface area contributed by atoms with Gasteiger partial charge in [-0.3, -0.25) is 19.2 Å².